The van der Waals surface area contributed by atoms with Gasteiger partial charge in [0, 0.05) is 38.4 Å². The number of benzene rings is 7. The minimum atomic E-state index is 1.17. The first kappa shape index (κ1) is 24.7. The second-order valence-electron chi connectivity index (χ2n) is 11.4. The van der Waals surface area contributed by atoms with Crippen LogP contribution in [0.1, 0.15) is 0 Å². The Bertz CT molecular complexity index is 2410. The zero-order valence-electron chi connectivity index (χ0n) is 24.1. The molecule has 2 heterocycles. The third-order valence-electron chi connectivity index (χ3n) is 8.91. The lowest BCUT2D eigenvalue weighted by atomic mass is 9.95. The van der Waals surface area contributed by atoms with Crippen LogP contribution in [-0.4, -0.2) is 9.13 Å². The van der Waals surface area contributed by atoms with E-state index in [1.165, 1.54) is 77.2 Å². The molecule has 206 valence electrons. The van der Waals surface area contributed by atoms with Crippen LogP contribution in [0.3, 0.4) is 0 Å². The average molecular weight is 561 g/mol. The van der Waals surface area contributed by atoms with E-state index >= 15 is 0 Å². The molecule has 0 saturated carbocycles. The molecule has 9 aromatic rings. The fourth-order valence-corrected chi connectivity index (χ4v) is 7.01. The van der Waals surface area contributed by atoms with Crippen LogP contribution >= 0.6 is 0 Å². The lowest BCUT2D eigenvalue weighted by Crippen LogP contribution is -2.00. The van der Waals surface area contributed by atoms with Crippen molar-refractivity contribution in [3.63, 3.8) is 0 Å². The van der Waals surface area contributed by atoms with Crippen molar-refractivity contribution in [3.05, 3.63) is 170 Å². The Morgan fingerprint density at radius 1 is 0.295 bits per heavy atom. The molecule has 0 aliphatic carbocycles. The Hall–Kier alpha value is -5.86. The molecule has 0 bridgehead atoms. The highest BCUT2D eigenvalue weighted by Gasteiger charge is 2.22. The maximum atomic E-state index is 2.50. The molecule has 0 spiro atoms. The van der Waals surface area contributed by atoms with E-state index in [4.69, 9.17) is 0 Å². The topological polar surface area (TPSA) is 9.86 Å². The fourth-order valence-electron chi connectivity index (χ4n) is 7.01. The first-order valence-electron chi connectivity index (χ1n) is 15.1. The monoisotopic (exact) mass is 560 g/mol. The van der Waals surface area contributed by atoms with Crippen molar-refractivity contribution in [1.29, 1.82) is 0 Å². The predicted molar refractivity (Wildman–Crippen MR) is 186 cm³/mol. The van der Waals surface area contributed by atoms with E-state index in [1.54, 1.807) is 0 Å². The molecule has 2 aromatic heterocycles. The molecule has 0 unspecified atom stereocenters. The molecule has 9 rings (SSSR count). The van der Waals surface area contributed by atoms with Crippen LogP contribution in [0.4, 0.5) is 0 Å². The molecule has 0 aliphatic heterocycles. The summed E-state index contributed by atoms with van der Waals surface area (Å²) >= 11 is 0. The number of para-hydroxylation sites is 4. The van der Waals surface area contributed by atoms with E-state index in [0.29, 0.717) is 0 Å². The molecule has 0 saturated heterocycles. The Balaban J connectivity index is 1.47. The van der Waals surface area contributed by atoms with Gasteiger partial charge in [0.25, 0.3) is 0 Å². The Morgan fingerprint density at radius 3 is 1.27 bits per heavy atom. The first-order chi connectivity index (χ1) is 21.9. The molecule has 0 radical (unpaired) electrons. The quantitative estimate of drug-likeness (QED) is 0.203. The van der Waals surface area contributed by atoms with Crippen molar-refractivity contribution in [2.24, 2.45) is 0 Å². The van der Waals surface area contributed by atoms with Gasteiger partial charge in [-0.15, -0.1) is 0 Å². The molecular formula is C42H28N2. The van der Waals surface area contributed by atoms with Gasteiger partial charge in [0.2, 0.25) is 0 Å². The van der Waals surface area contributed by atoms with Crippen molar-refractivity contribution in [2.45, 2.75) is 0 Å². The van der Waals surface area contributed by atoms with Crippen LogP contribution in [0.25, 0.3) is 77.2 Å². The van der Waals surface area contributed by atoms with Crippen molar-refractivity contribution in [1.82, 2.24) is 9.13 Å². The van der Waals surface area contributed by atoms with Crippen LogP contribution in [0, 0.1) is 0 Å². The molecule has 7 aromatic carbocycles. The van der Waals surface area contributed by atoms with Gasteiger partial charge in [-0.2, -0.15) is 0 Å². The maximum absolute atomic E-state index is 2.50. The van der Waals surface area contributed by atoms with E-state index in [-0.39, 0.29) is 0 Å². The van der Waals surface area contributed by atoms with Crippen LogP contribution in [-0.2, 0) is 0 Å². The lowest BCUT2D eigenvalue weighted by Gasteiger charge is -2.19. The average Bonchev–Trinajstić information content (AvgIpc) is 3.60. The van der Waals surface area contributed by atoms with Crippen LogP contribution in [0.2, 0.25) is 0 Å². The van der Waals surface area contributed by atoms with Gasteiger partial charge in [0.1, 0.15) is 0 Å². The molecule has 0 N–H and O–H groups in total. The van der Waals surface area contributed by atoms with Gasteiger partial charge < -0.3 is 9.13 Å². The molecular weight excluding hydrogens is 532 g/mol. The SMILES string of the molecule is c1ccc(-c2cccc(-c3ccccc3)c2-n2c3ccccc3c3cc4c(cc32)c2ccccc2n4-c2ccccc2)cc1. The summed E-state index contributed by atoms with van der Waals surface area (Å²) in [4.78, 5) is 0. The van der Waals surface area contributed by atoms with Gasteiger partial charge in [-0.05, 0) is 47.5 Å². The second kappa shape index (κ2) is 9.86. The molecule has 44 heavy (non-hydrogen) atoms. The molecule has 0 amide bonds. The summed E-state index contributed by atoms with van der Waals surface area (Å²) in [6, 6.07) is 61.4. The molecule has 2 nitrogen and oxygen atoms in total. The van der Waals surface area contributed by atoms with Crippen molar-refractivity contribution in [3.8, 4) is 33.6 Å². The molecule has 0 atom stereocenters. The number of hydrogen-bond donors (Lipinski definition) is 0. The van der Waals surface area contributed by atoms with Crippen LogP contribution < -0.4 is 0 Å². The van der Waals surface area contributed by atoms with Gasteiger partial charge in [-0.25, -0.2) is 0 Å². The summed E-state index contributed by atoms with van der Waals surface area (Å²) in [5, 5.41) is 5.00. The van der Waals surface area contributed by atoms with Gasteiger partial charge in [-0.3, -0.25) is 0 Å². The maximum Gasteiger partial charge on any atom is 0.0618 e. The molecule has 0 fully saturated rings. The molecule has 0 aliphatic rings. The Kier molecular flexibility index (Phi) is 5.54. The van der Waals surface area contributed by atoms with Crippen molar-refractivity contribution < 1.29 is 0 Å². The third kappa shape index (κ3) is 3.68. The summed E-state index contributed by atoms with van der Waals surface area (Å²) in [5.41, 5.74) is 12.0. The highest BCUT2D eigenvalue weighted by molar-refractivity contribution is 6.19. The van der Waals surface area contributed by atoms with Crippen molar-refractivity contribution in [2.75, 3.05) is 0 Å². The smallest absolute Gasteiger partial charge is 0.0618 e. The first-order valence-corrected chi connectivity index (χ1v) is 15.1. The number of nitrogens with zero attached hydrogens (tertiary/aromatic N) is 2. The normalized spacial score (nSPS) is 11.6. The highest BCUT2D eigenvalue weighted by atomic mass is 15.0. The predicted octanol–water partition coefficient (Wildman–Crippen LogP) is 11.2. The lowest BCUT2D eigenvalue weighted by molar-refractivity contribution is 1.18. The van der Waals surface area contributed by atoms with Crippen LogP contribution in [0.15, 0.2) is 170 Å². The Labute approximate surface area is 255 Å². The third-order valence-corrected chi connectivity index (χ3v) is 8.91. The van der Waals surface area contributed by atoms with Gasteiger partial charge in [0.15, 0.2) is 0 Å². The van der Waals surface area contributed by atoms with E-state index in [0.717, 1.165) is 0 Å². The van der Waals surface area contributed by atoms with E-state index in [9.17, 15) is 0 Å². The standard InChI is InChI=1S/C42H28N2/c1-4-15-29(16-5-1)32-23-14-24-33(30-17-6-2-7-18-30)42(32)44-39-26-13-11-22-35(39)37-27-40-36(28-41(37)44)34-21-10-12-25-38(34)43(40)31-19-8-3-9-20-31/h1-28H. The summed E-state index contributed by atoms with van der Waals surface area (Å²) in [6.45, 7) is 0. The van der Waals surface area contributed by atoms with E-state index < -0.39 is 0 Å². The van der Waals surface area contributed by atoms with Gasteiger partial charge >= 0.3 is 0 Å². The zero-order chi connectivity index (χ0) is 29.0. The summed E-state index contributed by atoms with van der Waals surface area (Å²) < 4.78 is 4.91. The number of rotatable bonds is 4. The largest absolute Gasteiger partial charge is 0.309 e. The van der Waals surface area contributed by atoms with Crippen LogP contribution in [0.5, 0.6) is 0 Å². The summed E-state index contributed by atoms with van der Waals surface area (Å²) in [6.07, 6.45) is 0. The minimum absolute atomic E-state index is 1.17. The fraction of sp³-hybridized carbons (Fsp3) is 0. The minimum Gasteiger partial charge on any atom is -0.309 e. The summed E-state index contributed by atoms with van der Waals surface area (Å²) in [5.74, 6) is 0. The number of hydrogen-bond acceptors (Lipinski definition) is 0. The summed E-state index contributed by atoms with van der Waals surface area (Å²) in [7, 11) is 0. The van der Waals surface area contributed by atoms with Gasteiger partial charge in [0.05, 0.1) is 27.8 Å². The van der Waals surface area contributed by atoms with E-state index in [1.807, 2.05) is 0 Å². The number of fused-ring (bicyclic) bond motifs is 6. The zero-order valence-corrected chi connectivity index (χ0v) is 24.1. The number of aromatic nitrogens is 2. The van der Waals surface area contributed by atoms with Gasteiger partial charge in [-0.1, -0.05) is 133 Å². The van der Waals surface area contributed by atoms with E-state index in [2.05, 4.69) is 179 Å². The Morgan fingerprint density at radius 2 is 0.727 bits per heavy atom. The molecule has 2 heteroatoms. The van der Waals surface area contributed by atoms with Crippen molar-refractivity contribution >= 4 is 43.6 Å². The highest BCUT2D eigenvalue weighted by Crippen LogP contribution is 2.43. The second-order valence-corrected chi connectivity index (χ2v) is 11.4.